The first kappa shape index (κ1) is 12.2. The van der Waals surface area contributed by atoms with Gasteiger partial charge in [-0.3, -0.25) is 0 Å². The number of para-hydroxylation sites is 2. The second-order valence-electron chi connectivity index (χ2n) is 4.83. The van der Waals surface area contributed by atoms with Crippen LogP contribution in [-0.4, -0.2) is 9.55 Å². The van der Waals surface area contributed by atoms with E-state index in [1.807, 2.05) is 38.1 Å². The van der Waals surface area contributed by atoms with Crippen LogP contribution in [0.4, 0.5) is 0 Å². The van der Waals surface area contributed by atoms with Gasteiger partial charge >= 0.3 is 0 Å². The molecule has 2 nitrogen and oxygen atoms in total. The van der Waals surface area contributed by atoms with E-state index < -0.39 is 0 Å². The van der Waals surface area contributed by atoms with Gasteiger partial charge in [0.15, 0.2) is 0 Å². The van der Waals surface area contributed by atoms with Crippen molar-refractivity contribution in [2.75, 3.05) is 0 Å². The number of aryl methyl sites for hydroxylation is 2. The van der Waals surface area contributed by atoms with E-state index in [9.17, 15) is 0 Å². The maximum Gasteiger partial charge on any atom is 0.107 e. The Bertz CT molecular complexity index is 744. The molecule has 0 aliphatic heterocycles. The number of fused-ring (bicyclic) bond motifs is 1. The Hall–Kier alpha value is -1.80. The van der Waals surface area contributed by atoms with Gasteiger partial charge in [-0.2, -0.15) is 0 Å². The quantitative estimate of drug-likeness (QED) is 0.677. The fourth-order valence-corrected chi connectivity index (χ4v) is 2.64. The summed E-state index contributed by atoms with van der Waals surface area (Å²) in [5.41, 5.74) is 4.49. The molecule has 0 aliphatic carbocycles. The molecule has 3 aromatic rings. The third kappa shape index (κ3) is 2.24. The van der Waals surface area contributed by atoms with E-state index >= 15 is 0 Å². The highest BCUT2D eigenvalue weighted by Gasteiger charge is 2.09. The number of aromatic nitrogens is 2. The van der Waals surface area contributed by atoms with Crippen LogP contribution in [0.5, 0.6) is 0 Å². The van der Waals surface area contributed by atoms with Crippen LogP contribution in [0.1, 0.15) is 17.0 Å². The first-order valence-electron chi connectivity index (χ1n) is 6.32. The summed E-state index contributed by atoms with van der Waals surface area (Å²) in [5, 5.41) is 0.817. The molecule has 3 rings (SSSR count). The van der Waals surface area contributed by atoms with Crippen molar-refractivity contribution in [2.45, 2.75) is 20.4 Å². The van der Waals surface area contributed by atoms with Gasteiger partial charge in [0.1, 0.15) is 5.82 Å². The fourth-order valence-electron chi connectivity index (χ4n) is 2.35. The summed E-state index contributed by atoms with van der Waals surface area (Å²) in [5.74, 6) is 1.01. The molecular formula is C16H15ClN2. The van der Waals surface area contributed by atoms with Gasteiger partial charge in [-0.1, -0.05) is 35.9 Å². The van der Waals surface area contributed by atoms with Gasteiger partial charge in [0.2, 0.25) is 0 Å². The standard InChI is InChI=1S/C16H15ClN2/c1-11-7-8-13(14(17)9-11)10-19-12(2)18-15-5-3-4-6-16(15)19/h3-9H,10H2,1-2H3. The summed E-state index contributed by atoms with van der Waals surface area (Å²) in [4.78, 5) is 4.58. The molecule has 19 heavy (non-hydrogen) atoms. The van der Waals surface area contributed by atoms with Gasteiger partial charge in [0, 0.05) is 5.02 Å². The topological polar surface area (TPSA) is 17.8 Å². The van der Waals surface area contributed by atoms with Crippen LogP contribution >= 0.6 is 11.6 Å². The van der Waals surface area contributed by atoms with Crippen LogP contribution in [0.25, 0.3) is 11.0 Å². The van der Waals surface area contributed by atoms with Crippen molar-refractivity contribution in [1.29, 1.82) is 0 Å². The molecule has 1 aromatic heterocycles. The molecule has 3 heteroatoms. The summed E-state index contributed by atoms with van der Waals surface area (Å²) in [6, 6.07) is 14.4. The molecule has 0 saturated carbocycles. The van der Waals surface area contributed by atoms with Gasteiger partial charge in [-0.15, -0.1) is 0 Å². The van der Waals surface area contributed by atoms with Crippen molar-refractivity contribution in [1.82, 2.24) is 9.55 Å². The minimum Gasteiger partial charge on any atom is -0.324 e. The molecule has 2 aromatic carbocycles. The lowest BCUT2D eigenvalue weighted by atomic mass is 10.1. The summed E-state index contributed by atoms with van der Waals surface area (Å²) < 4.78 is 2.20. The maximum absolute atomic E-state index is 6.32. The molecule has 0 N–H and O–H groups in total. The minimum absolute atomic E-state index is 0.755. The molecule has 0 unspecified atom stereocenters. The Morgan fingerprint density at radius 3 is 2.68 bits per heavy atom. The Labute approximate surface area is 117 Å². The summed E-state index contributed by atoms with van der Waals surface area (Å²) in [7, 11) is 0. The highest BCUT2D eigenvalue weighted by atomic mass is 35.5. The van der Waals surface area contributed by atoms with Crippen molar-refractivity contribution in [3.63, 3.8) is 0 Å². The second-order valence-corrected chi connectivity index (χ2v) is 5.24. The zero-order valence-corrected chi connectivity index (χ0v) is 11.8. The van der Waals surface area contributed by atoms with Gasteiger partial charge in [0.25, 0.3) is 0 Å². The molecule has 0 atom stereocenters. The largest absolute Gasteiger partial charge is 0.324 e. The molecule has 0 spiro atoms. The van der Waals surface area contributed by atoms with Crippen LogP contribution in [-0.2, 0) is 6.54 Å². The molecule has 0 fully saturated rings. The monoisotopic (exact) mass is 270 g/mol. The fraction of sp³-hybridized carbons (Fsp3) is 0.188. The van der Waals surface area contributed by atoms with E-state index in [4.69, 9.17) is 11.6 Å². The number of hydrogen-bond acceptors (Lipinski definition) is 1. The lowest BCUT2D eigenvalue weighted by molar-refractivity contribution is 0.786. The summed E-state index contributed by atoms with van der Waals surface area (Å²) >= 11 is 6.32. The predicted molar refractivity (Wildman–Crippen MR) is 79.8 cm³/mol. The van der Waals surface area contributed by atoms with Crippen LogP contribution in [0.2, 0.25) is 5.02 Å². The highest BCUT2D eigenvalue weighted by Crippen LogP contribution is 2.22. The van der Waals surface area contributed by atoms with E-state index in [2.05, 4.69) is 27.8 Å². The van der Waals surface area contributed by atoms with Gasteiger partial charge < -0.3 is 4.57 Å². The minimum atomic E-state index is 0.755. The van der Waals surface area contributed by atoms with E-state index in [0.29, 0.717) is 0 Å². The van der Waals surface area contributed by atoms with Crippen molar-refractivity contribution in [3.8, 4) is 0 Å². The molecule has 0 amide bonds. The van der Waals surface area contributed by atoms with E-state index in [-0.39, 0.29) is 0 Å². The molecule has 0 bridgehead atoms. The van der Waals surface area contributed by atoms with Gasteiger partial charge in [0.05, 0.1) is 17.6 Å². The Morgan fingerprint density at radius 2 is 1.89 bits per heavy atom. The zero-order valence-electron chi connectivity index (χ0n) is 11.0. The number of rotatable bonds is 2. The second kappa shape index (κ2) is 4.71. The molecule has 96 valence electrons. The number of nitrogens with zero attached hydrogens (tertiary/aromatic N) is 2. The first-order valence-corrected chi connectivity index (χ1v) is 6.70. The molecule has 1 heterocycles. The predicted octanol–water partition coefficient (Wildman–Crippen LogP) is 4.35. The van der Waals surface area contributed by atoms with E-state index in [1.54, 1.807) is 0 Å². The Balaban J connectivity index is 2.08. The summed E-state index contributed by atoms with van der Waals surface area (Å²) in [6.45, 7) is 4.83. The molecular weight excluding hydrogens is 256 g/mol. The van der Waals surface area contributed by atoms with Gasteiger partial charge in [-0.05, 0) is 43.2 Å². The SMILES string of the molecule is Cc1ccc(Cn2c(C)nc3ccccc32)c(Cl)c1. The highest BCUT2D eigenvalue weighted by molar-refractivity contribution is 6.31. The maximum atomic E-state index is 6.32. The molecule has 0 aliphatic rings. The smallest absolute Gasteiger partial charge is 0.107 e. The van der Waals surface area contributed by atoms with Gasteiger partial charge in [-0.25, -0.2) is 4.98 Å². The third-order valence-corrected chi connectivity index (χ3v) is 3.73. The van der Waals surface area contributed by atoms with Crippen molar-refractivity contribution in [2.24, 2.45) is 0 Å². The van der Waals surface area contributed by atoms with E-state index in [0.717, 1.165) is 34.0 Å². The van der Waals surface area contributed by atoms with Crippen LogP contribution < -0.4 is 0 Å². The first-order chi connectivity index (χ1) is 9.15. The lowest BCUT2D eigenvalue weighted by Crippen LogP contribution is -2.02. The lowest BCUT2D eigenvalue weighted by Gasteiger charge is -2.09. The van der Waals surface area contributed by atoms with E-state index in [1.165, 1.54) is 5.56 Å². The Morgan fingerprint density at radius 1 is 1.11 bits per heavy atom. The number of hydrogen-bond donors (Lipinski definition) is 0. The van der Waals surface area contributed by atoms with Crippen molar-refractivity contribution < 1.29 is 0 Å². The zero-order chi connectivity index (χ0) is 13.4. The average Bonchev–Trinajstić information content (AvgIpc) is 2.69. The van der Waals surface area contributed by atoms with Crippen molar-refractivity contribution >= 4 is 22.6 Å². The normalized spacial score (nSPS) is 11.1. The third-order valence-electron chi connectivity index (χ3n) is 3.38. The Kier molecular flexibility index (Phi) is 3.03. The average molecular weight is 271 g/mol. The van der Waals surface area contributed by atoms with Crippen LogP contribution in [0, 0.1) is 13.8 Å². The number of halogens is 1. The van der Waals surface area contributed by atoms with Crippen molar-refractivity contribution in [3.05, 3.63) is 64.4 Å². The molecule has 0 saturated heterocycles. The summed E-state index contributed by atoms with van der Waals surface area (Å²) in [6.07, 6.45) is 0. The van der Waals surface area contributed by atoms with Crippen LogP contribution in [0.15, 0.2) is 42.5 Å². The van der Waals surface area contributed by atoms with Crippen LogP contribution in [0.3, 0.4) is 0 Å². The number of benzene rings is 2. The number of imidazole rings is 1. The molecule has 0 radical (unpaired) electrons.